The van der Waals surface area contributed by atoms with Crippen LogP contribution in [0.25, 0.3) is 0 Å². The second kappa shape index (κ2) is 11.6. The molecular weight excluding hydrogens is 414 g/mol. The highest BCUT2D eigenvalue weighted by Gasteiger charge is 2.19. The Morgan fingerprint density at radius 2 is 1.52 bits per heavy atom. The van der Waals surface area contributed by atoms with E-state index in [1.54, 1.807) is 24.3 Å². The molecule has 0 bridgehead atoms. The minimum Gasteiger partial charge on any atom is -0.492 e. The van der Waals surface area contributed by atoms with E-state index in [-0.39, 0.29) is 11.8 Å². The summed E-state index contributed by atoms with van der Waals surface area (Å²) >= 11 is 1.91. The van der Waals surface area contributed by atoms with Crippen molar-refractivity contribution >= 4 is 35.0 Å². The molecule has 0 atom stereocenters. The zero-order valence-electron chi connectivity index (χ0n) is 18.0. The van der Waals surface area contributed by atoms with E-state index in [2.05, 4.69) is 15.5 Å². The molecule has 2 N–H and O–H groups in total. The van der Waals surface area contributed by atoms with Crippen LogP contribution in [0.3, 0.4) is 0 Å². The van der Waals surface area contributed by atoms with Crippen LogP contribution >= 0.6 is 11.8 Å². The highest BCUT2D eigenvalue weighted by molar-refractivity contribution is 7.99. The Morgan fingerprint density at radius 1 is 0.935 bits per heavy atom. The van der Waals surface area contributed by atoms with Crippen LogP contribution in [0.2, 0.25) is 0 Å². The lowest BCUT2D eigenvalue weighted by molar-refractivity contribution is -0.117. The molecular formula is C23H29N3O4S. The molecule has 1 saturated heterocycles. The fraction of sp³-hybridized carbons (Fsp3) is 0.391. The van der Waals surface area contributed by atoms with Crippen molar-refractivity contribution in [3.63, 3.8) is 0 Å². The van der Waals surface area contributed by atoms with E-state index in [1.165, 1.54) is 0 Å². The Balaban J connectivity index is 1.81. The van der Waals surface area contributed by atoms with Crippen molar-refractivity contribution in [1.82, 2.24) is 4.90 Å². The molecule has 7 nitrogen and oxygen atoms in total. The van der Waals surface area contributed by atoms with Crippen molar-refractivity contribution in [3.8, 4) is 11.5 Å². The molecule has 0 saturated carbocycles. The van der Waals surface area contributed by atoms with Crippen molar-refractivity contribution in [2.45, 2.75) is 13.8 Å². The van der Waals surface area contributed by atoms with E-state index in [0.29, 0.717) is 48.2 Å². The molecule has 1 aliphatic rings. The SMILES string of the molecule is CCOc1cc(NC(=O)c2ccccc2)c(OCC)cc1NC(=O)CN1CCSCC1. The molecule has 2 aromatic carbocycles. The molecule has 2 aromatic rings. The number of rotatable bonds is 9. The summed E-state index contributed by atoms with van der Waals surface area (Å²) in [5.41, 5.74) is 1.56. The lowest BCUT2D eigenvalue weighted by atomic mass is 10.2. The number of hydrogen-bond acceptors (Lipinski definition) is 6. The molecule has 0 unspecified atom stereocenters. The van der Waals surface area contributed by atoms with Gasteiger partial charge < -0.3 is 20.1 Å². The average Bonchev–Trinajstić information content (AvgIpc) is 2.78. The monoisotopic (exact) mass is 443 g/mol. The lowest BCUT2D eigenvalue weighted by Crippen LogP contribution is -2.38. The quantitative estimate of drug-likeness (QED) is 0.615. The first-order valence-electron chi connectivity index (χ1n) is 10.5. The molecule has 3 rings (SSSR count). The van der Waals surface area contributed by atoms with Gasteiger partial charge in [-0.05, 0) is 26.0 Å². The van der Waals surface area contributed by atoms with E-state index >= 15 is 0 Å². The fourth-order valence-corrected chi connectivity index (χ4v) is 4.22. The Bertz CT molecular complexity index is 886. The normalized spacial score (nSPS) is 14.0. The first-order chi connectivity index (χ1) is 15.1. The van der Waals surface area contributed by atoms with Gasteiger partial charge in [-0.3, -0.25) is 14.5 Å². The molecule has 0 spiro atoms. The van der Waals surface area contributed by atoms with Gasteiger partial charge in [-0.25, -0.2) is 0 Å². The summed E-state index contributed by atoms with van der Waals surface area (Å²) in [6, 6.07) is 12.4. The van der Waals surface area contributed by atoms with E-state index in [0.717, 1.165) is 24.6 Å². The van der Waals surface area contributed by atoms with Crippen LogP contribution < -0.4 is 20.1 Å². The van der Waals surface area contributed by atoms with Gasteiger partial charge in [0.25, 0.3) is 5.91 Å². The molecule has 0 radical (unpaired) electrons. The minimum atomic E-state index is -0.247. The number of carbonyl (C=O) groups excluding carboxylic acids is 2. The summed E-state index contributed by atoms with van der Waals surface area (Å²) in [4.78, 5) is 27.4. The maximum absolute atomic E-state index is 12.6. The number of carbonyl (C=O) groups is 2. The smallest absolute Gasteiger partial charge is 0.255 e. The van der Waals surface area contributed by atoms with Gasteiger partial charge in [-0.2, -0.15) is 11.8 Å². The number of nitrogens with zero attached hydrogens (tertiary/aromatic N) is 1. The van der Waals surface area contributed by atoms with Gasteiger partial charge in [0.05, 0.1) is 31.1 Å². The van der Waals surface area contributed by atoms with Crippen molar-refractivity contribution < 1.29 is 19.1 Å². The van der Waals surface area contributed by atoms with E-state index in [9.17, 15) is 9.59 Å². The van der Waals surface area contributed by atoms with Crippen molar-refractivity contribution in [1.29, 1.82) is 0 Å². The summed E-state index contributed by atoms with van der Waals surface area (Å²) in [5.74, 6) is 2.70. The van der Waals surface area contributed by atoms with Crippen LogP contribution in [0.1, 0.15) is 24.2 Å². The highest BCUT2D eigenvalue weighted by Crippen LogP contribution is 2.37. The summed E-state index contributed by atoms with van der Waals surface area (Å²) < 4.78 is 11.5. The molecule has 1 fully saturated rings. The van der Waals surface area contributed by atoms with Gasteiger partial charge >= 0.3 is 0 Å². The summed E-state index contributed by atoms with van der Waals surface area (Å²) in [6.45, 7) is 6.73. The van der Waals surface area contributed by atoms with Crippen molar-refractivity contribution in [2.24, 2.45) is 0 Å². The van der Waals surface area contributed by atoms with E-state index in [1.807, 2.05) is 43.8 Å². The average molecular weight is 444 g/mol. The van der Waals surface area contributed by atoms with Crippen LogP contribution in [0.4, 0.5) is 11.4 Å². The number of anilines is 2. The third-order valence-corrected chi connectivity index (χ3v) is 5.65. The molecule has 0 aliphatic carbocycles. The number of ether oxygens (including phenoxy) is 2. The van der Waals surface area contributed by atoms with Crippen LogP contribution in [0.15, 0.2) is 42.5 Å². The van der Waals surface area contributed by atoms with Crippen molar-refractivity contribution in [2.75, 3.05) is 55.0 Å². The molecule has 1 aliphatic heterocycles. The zero-order valence-corrected chi connectivity index (χ0v) is 18.8. The molecule has 0 aromatic heterocycles. The maximum atomic E-state index is 12.6. The molecule has 2 amide bonds. The van der Waals surface area contributed by atoms with Crippen LogP contribution in [0, 0.1) is 0 Å². The third kappa shape index (κ3) is 6.63. The molecule has 8 heteroatoms. The van der Waals surface area contributed by atoms with Gasteiger partial charge in [-0.1, -0.05) is 18.2 Å². The van der Waals surface area contributed by atoms with Gasteiger partial charge in [0.1, 0.15) is 11.5 Å². The number of amides is 2. The topological polar surface area (TPSA) is 79.9 Å². The van der Waals surface area contributed by atoms with Gasteiger partial charge in [0, 0.05) is 42.3 Å². The minimum absolute atomic E-state index is 0.101. The second-order valence-electron chi connectivity index (χ2n) is 6.97. The Hall–Kier alpha value is -2.71. The Kier molecular flexibility index (Phi) is 8.61. The van der Waals surface area contributed by atoms with Crippen molar-refractivity contribution in [3.05, 3.63) is 48.0 Å². The summed E-state index contributed by atoms with van der Waals surface area (Å²) in [7, 11) is 0. The van der Waals surface area contributed by atoms with E-state index in [4.69, 9.17) is 9.47 Å². The first-order valence-corrected chi connectivity index (χ1v) is 11.7. The lowest BCUT2D eigenvalue weighted by Gasteiger charge is -2.25. The zero-order chi connectivity index (χ0) is 22.1. The summed E-state index contributed by atoms with van der Waals surface area (Å²) in [5, 5.41) is 5.84. The summed E-state index contributed by atoms with van der Waals surface area (Å²) in [6.07, 6.45) is 0. The molecule has 31 heavy (non-hydrogen) atoms. The largest absolute Gasteiger partial charge is 0.492 e. The predicted molar refractivity (Wildman–Crippen MR) is 126 cm³/mol. The maximum Gasteiger partial charge on any atom is 0.255 e. The number of hydrogen-bond donors (Lipinski definition) is 2. The number of thioether (sulfide) groups is 1. The van der Waals surface area contributed by atoms with Gasteiger partial charge in [0.15, 0.2) is 0 Å². The predicted octanol–water partition coefficient (Wildman–Crippen LogP) is 3.72. The van der Waals surface area contributed by atoms with Crippen LogP contribution in [-0.4, -0.2) is 61.1 Å². The third-order valence-electron chi connectivity index (χ3n) is 4.71. The second-order valence-corrected chi connectivity index (χ2v) is 8.19. The molecule has 166 valence electrons. The van der Waals surface area contributed by atoms with E-state index < -0.39 is 0 Å². The van der Waals surface area contributed by atoms with Crippen LogP contribution in [0.5, 0.6) is 11.5 Å². The molecule has 1 heterocycles. The Morgan fingerprint density at radius 3 is 2.10 bits per heavy atom. The Labute approximate surface area is 187 Å². The number of benzene rings is 2. The number of nitrogens with one attached hydrogen (secondary N) is 2. The van der Waals surface area contributed by atoms with Gasteiger partial charge in [0.2, 0.25) is 5.91 Å². The van der Waals surface area contributed by atoms with Crippen LogP contribution in [-0.2, 0) is 4.79 Å². The van der Waals surface area contributed by atoms with Gasteiger partial charge in [-0.15, -0.1) is 0 Å². The first kappa shape index (κ1) is 23.0. The highest BCUT2D eigenvalue weighted by atomic mass is 32.2. The standard InChI is InChI=1S/C23H29N3O4S/c1-3-29-20-15-19(25-23(28)17-8-6-5-7-9-17)21(30-4-2)14-18(20)24-22(27)16-26-10-12-31-13-11-26/h5-9,14-15H,3-4,10-13,16H2,1-2H3,(H,24,27)(H,25,28). The fourth-order valence-electron chi connectivity index (χ4n) is 3.24.